The van der Waals surface area contributed by atoms with Crippen molar-refractivity contribution in [2.75, 3.05) is 25.6 Å². The molecule has 0 amide bonds. The lowest BCUT2D eigenvalue weighted by atomic mass is 10.0. The van der Waals surface area contributed by atoms with E-state index in [1.807, 2.05) is 12.4 Å². The first-order chi connectivity index (χ1) is 11.9. The van der Waals surface area contributed by atoms with Crippen LogP contribution in [-0.4, -0.2) is 34.6 Å². The predicted octanol–water partition coefficient (Wildman–Crippen LogP) is 3.61. The summed E-state index contributed by atoms with van der Waals surface area (Å²) < 4.78 is 7.15. The van der Waals surface area contributed by atoms with Gasteiger partial charge < -0.3 is 10.1 Å². The summed E-state index contributed by atoms with van der Waals surface area (Å²) in [6.45, 7) is 1.32. The van der Waals surface area contributed by atoms with Crippen LogP contribution in [0, 0.1) is 0 Å². The second-order valence-corrected chi connectivity index (χ2v) is 5.56. The summed E-state index contributed by atoms with van der Waals surface area (Å²) in [6.07, 6.45) is 5.64. The number of nitrogens with one attached hydrogen (secondary N) is 1. The smallest absolute Gasteiger partial charge is 0.180 e. The molecule has 0 bridgehead atoms. The predicted molar refractivity (Wildman–Crippen MR) is 96.3 cm³/mol. The zero-order chi connectivity index (χ0) is 16.4. The Morgan fingerprint density at radius 3 is 2.88 bits per heavy atom. The zero-order valence-electron chi connectivity index (χ0n) is 13.4. The van der Waals surface area contributed by atoms with Crippen LogP contribution in [0.1, 0.15) is 0 Å². The molecule has 0 fully saturated rings. The topological polar surface area (TPSA) is 51.5 Å². The Morgan fingerprint density at radius 1 is 1.08 bits per heavy atom. The Bertz CT molecular complexity index is 988. The van der Waals surface area contributed by atoms with E-state index >= 15 is 0 Å². The molecule has 4 rings (SSSR count). The van der Waals surface area contributed by atoms with Crippen LogP contribution in [0.25, 0.3) is 27.7 Å². The molecule has 120 valence electrons. The number of imidazole rings is 1. The van der Waals surface area contributed by atoms with Crippen LogP contribution in [-0.2, 0) is 4.74 Å². The van der Waals surface area contributed by atoms with E-state index in [9.17, 15) is 0 Å². The molecule has 0 saturated heterocycles. The molecule has 0 aliphatic carbocycles. The van der Waals surface area contributed by atoms with E-state index in [4.69, 9.17) is 4.74 Å². The summed E-state index contributed by atoms with van der Waals surface area (Å²) in [5.74, 6) is 0.765. The Balaban J connectivity index is 1.84. The number of methoxy groups -OCH3 is 1. The van der Waals surface area contributed by atoms with Crippen molar-refractivity contribution in [3.05, 3.63) is 61.1 Å². The van der Waals surface area contributed by atoms with Crippen molar-refractivity contribution in [2.24, 2.45) is 0 Å². The van der Waals surface area contributed by atoms with E-state index < -0.39 is 0 Å². The van der Waals surface area contributed by atoms with Crippen molar-refractivity contribution < 1.29 is 4.74 Å². The third-order valence-electron chi connectivity index (χ3n) is 4.09. The first-order valence-corrected chi connectivity index (χ1v) is 7.91. The van der Waals surface area contributed by atoms with Crippen LogP contribution in [0.5, 0.6) is 0 Å². The van der Waals surface area contributed by atoms with Gasteiger partial charge in [0, 0.05) is 31.6 Å². The van der Waals surface area contributed by atoms with Gasteiger partial charge >= 0.3 is 0 Å². The fourth-order valence-corrected chi connectivity index (χ4v) is 2.96. The largest absolute Gasteiger partial charge is 0.383 e. The zero-order valence-corrected chi connectivity index (χ0v) is 13.4. The van der Waals surface area contributed by atoms with Crippen LogP contribution in [0.4, 0.5) is 5.82 Å². The first-order valence-electron chi connectivity index (χ1n) is 7.91. The number of anilines is 1. The highest BCUT2D eigenvalue weighted by Crippen LogP contribution is 2.29. The van der Waals surface area contributed by atoms with Crippen molar-refractivity contribution >= 4 is 22.2 Å². The maximum Gasteiger partial charge on any atom is 0.180 e. The standard InChI is InChI=1S/C19H18N4O/c1-24-12-10-21-18-19-22-13-17(23(19)11-9-20-18)16-8-4-6-14-5-2-3-7-15(14)16/h2-9,11,13H,10,12H2,1H3,(H,20,21). The van der Waals surface area contributed by atoms with Crippen molar-refractivity contribution in [1.29, 1.82) is 0 Å². The van der Waals surface area contributed by atoms with Crippen molar-refractivity contribution in [1.82, 2.24) is 14.4 Å². The molecule has 5 heteroatoms. The molecule has 0 spiro atoms. The SMILES string of the molecule is COCCNc1nccn2c(-c3cccc4ccccc34)cnc12. The monoisotopic (exact) mass is 318 g/mol. The molecular formula is C19H18N4O. The van der Waals surface area contributed by atoms with Gasteiger partial charge in [0.15, 0.2) is 11.5 Å². The molecule has 2 aromatic carbocycles. The maximum atomic E-state index is 5.08. The van der Waals surface area contributed by atoms with Crippen LogP contribution in [0.15, 0.2) is 61.1 Å². The second-order valence-electron chi connectivity index (χ2n) is 5.56. The molecule has 5 nitrogen and oxygen atoms in total. The van der Waals surface area contributed by atoms with Gasteiger partial charge in [-0.05, 0) is 10.8 Å². The number of hydrogen-bond acceptors (Lipinski definition) is 4. The van der Waals surface area contributed by atoms with Crippen LogP contribution < -0.4 is 5.32 Å². The van der Waals surface area contributed by atoms with Crippen LogP contribution in [0.3, 0.4) is 0 Å². The molecular weight excluding hydrogens is 300 g/mol. The van der Waals surface area contributed by atoms with Gasteiger partial charge in [0.1, 0.15) is 0 Å². The number of rotatable bonds is 5. The second kappa shape index (κ2) is 6.29. The van der Waals surface area contributed by atoms with Gasteiger partial charge in [0.05, 0.1) is 18.5 Å². The minimum atomic E-state index is 0.625. The molecule has 0 unspecified atom stereocenters. The molecule has 2 aromatic heterocycles. The van der Waals surface area contributed by atoms with E-state index in [0.29, 0.717) is 13.2 Å². The summed E-state index contributed by atoms with van der Waals surface area (Å²) in [6, 6.07) is 14.7. The maximum absolute atomic E-state index is 5.08. The molecule has 0 aliphatic heterocycles. The van der Waals surface area contributed by atoms with Crippen LogP contribution in [0.2, 0.25) is 0 Å². The third kappa shape index (κ3) is 2.49. The normalized spacial score (nSPS) is 11.2. The number of aromatic nitrogens is 3. The summed E-state index contributed by atoms with van der Waals surface area (Å²) in [7, 11) is 1.68. The number of ether oxygens (including phenoxy) is 1. The lowest BCUT2D eigenvalue weighted by Crippen LogP contribution is -2.10. The average molecular weight is 318 g/mol. The minimum Gasteiger partial charge on any atom is -0.383 e. The Hall–Kier alpha value is -2.92. The van der Waals surface area contributed by atoms with E-state index in [1.54, 1.807) is 13.3 Å². The number of fused-ring (bicyclic) bond motifs is 2. The lowest BCUT2D eigenvalue weighted by Gasteiger charge is -2.09. The van der Waals surface area contributed by atoms with Crippen LogP contribution >= 0.6 is 0 Å². The van der Waals surface area contributed by atoms with E-state index in [2.05, 4.69) is 62.2 Å². The number of nitrogens with zero attached hydrogens (tertiary/aromatic N) is 3. The molecule has 0 saturated carbocycles. The quantitative estimate of drug-likeness (QED) is 0.571. The van der Waals surface area contributed by atoms with Crippen molar-refractivity contribution in [2.45, 2.75) is 0 Å². The summed E-state index contributed by atoms with van der Waals surface area (Å²) in [4.78, 5) is 8.98. The minimum absolute atomic E-state index is 0.625. The highest BCUT2D eigenvalue weighted by Gasteiger charge is 2.12. The highest BCUT2D eigenvalue weighted by molar-refractivity contribution is 5.96. The van der Waals surface area contributed by atoms with Gasteiger partial charge in [-0.2, -0.15) is 0 Å². The summed E-state index contributed by atoms with van der Waals surface area (Å²) in [5.41, 5.74) is 3.03. The number of hydrogen-bond donors (Lipinski definition) is 1. The molecule has 4 aromatic rings. The van der Waals surface area contributed by atoms with Gasteiger partial charge in [-0.3, -0.25) is 4.40 Å². The lowest BCUT2D eigenvalue weighted by molar-refractivity contribution is 0.210. The van der Waals surface area contributed by atoms with E-state index in [0.717, 1.165) is 22.7 Å². The van der Waals surface area contributed by atoms with Crippen molar-refractivity contribution in [3.63, 3.8) is 0 Å². The fraction of sp³-hybridized carbons (Fsp3) is 0.158. The Kier molecular flexibility index (Phi) is 3.84. The van der Waals surface area contributed by atoms with Crippen molar-refractivity contribution in [3.8, 4) is 11.3 Å². The van der Waals surface area contributed by atoms with Gasteiger partial charge in [0.25, 0.3) is 0 Å². The number of benzene rings is 2. The molecule has 0 radical (unpaired) electrons. The van der Waals surface area contributed by atoms with Gasteiger partial charge in [-0.25, -0.2) is 9.97 Å². The molecule has 0 aliphatic rings. The Labute approximate surface area is 139 Å². The third-order valence-corrected chi connectivity index (χ3v) is 4.09. The fourth-order valence-electron chi connectivity index (χ4n) is 2.96. The van der Waals surface area contributed by atoms with E-state index in [1.165, 1.54) is 10.8 Å². The first kappa shape index (κ1) is 14.7. The average Bonchev–Trinajstić information content (AvgIpc) is 3.06. The van der Waals surface area contributed by atoms with E-state index in [-0.39, 0.29) is 0 Å². The van der Waals surface area contributed by atoms with Gasteiger partial charge in [-0.15, -0.1) is 0 Å². The molecule has 0 atom stereocenters. The van der Waals surface area contributed by atoms with Gasteiger partial charge in [0.2, 0.25) is 0 Å². The molecule has 24 heavy (non-hydrogen) atoms. The summed E-state index contributed by atoms with van der Waals surface area (Å²) >= 11 is 0. The molecule has 2 heterocycles. The molecule has 1 N–H and O–H groups in total. The van der Waals surface area contributed by atoms with Gasteiger partial charge in [-0.1, -0.05) is 42.5 Å². The highest BCUT2D eigenvalue weighted by atomic mass is 16.5. The Morgan fingerprint density at radius 2 is 1.96 bits per heavy atom. The summed E-state index contributed by atoms with van der Waals surface area (Å²) in [5, 5.41) is 5.71.